The Kier molecular flexibility index (Phi) is 5.06. The number of nitrogens with one attached hydrogen (secondary N) is 1. The summed E-state index contributed by atoms with van der Waals surface area (Å²) in [6.45, 7) is 1.60. The number of carbonyl (C=O) groups is 2. The molecule has 0 unspecified atom stereocenters. The second-order valence-electron chi connectivity index (χ2n) is 5.46. The maximum Gasteiger partial charge on any atom is 0.221 e. The van der Waals surface area contributed by atoms with Crippen LogP contribution in [0.1, 0.15) is 17.3 Å². The van der Waals surface area contributed by atoms with E-state index in [0.717, 1.165) is 10.4 Å². The standard InChI is InChI=1S/C18H16N2O3S2/c1-11(21)19-13-4-3-12(9-17(13)24-2)16(23)10-20-7-5-15(22)18-14(20)6-8-25-18/h3-9H,10H2,1-2H3,(H,19,21). The van der Waals surface area contributed by atoms with Crippen molar-refractivity contribution in [3.8, 4) is 0 Å². The lowest BCUT2D eigenvalue weighted by Crippen LogP contribution is -2.14. The molecule has 0 atom stereocenters. The second kappa shape index (κ2) is 7.25. The molecule has 0 radical (unpaired) electrons. The topological polar surface area (TPSA) is 68.2 Å². The number of nitrogens with zero attached hydrogens (tertiary/aromatic N) is 1. The van der Waals surface area contributed by atoms with Crippen LogP contribution in [-0.4, -0.2) is 22.5 Å². The zero-order valence-electron chi connectivity index (χ0n) is 13.7. The summed E-state index contributed by atoms with van der Waals surface area (Å²) in [6, 6.07) is 8.57. The predicted molar refractivity (Wildman–Crippen MR) is 103 cm³/mol. The number of hydrogen-bond acceptors (Lipinski definition) is 5. The maximum absolute atomic E-state index is 12.7. The third kappa shape index (κ3) is 3.67. The Balaban J connectivity index is 1.90. The molecular weight excluding hydrogens is 356 g/mol. The lowest BCUT2D eigenvalue weighted by Gasteiger charge is -2.11. The zero-order valence-corrected chi connectivity index (χ0v) is 15.4. The van der Waals surface area contributed by atoms with E-state index in [1.54, 1.807) is 29.0 Å². The van der Waals surface area contributed by atoms with Crippen LogP contribution in [0.15, 0.2) is 51.6 Å². The van der Waals surface area contributed by atoms with Crippen LogP contribution in [0.2, 0.25) is 0 Å². The van der Waals surface area contributed by atoms with Gasteiger partial charge in [-0.3, -0.25) is 14.4 Å². The summed E-state index contributed by atoms with van der Waals surface area (Å²) in [6.07, 6.45) is 3.54. The predicted octanol–water partition coefficient (Wildman–Crippen LogP) is 3.63. The molecule has 0 aliphatic carbocycles. The van der Waals surface area contributed by atoms with Crippen molar-refractivity contribution in [3.05, 3.63) is 57.7 Å². The van der Waals surface area contributed by atoms with E-state index < -0.39 is 0 Å². The molecule has 5 nitrogen and oxygen atoms in total. The van der Waals surface area contributed by atoms with Gasteiger partial charge in [0.25, 0.3) is 0 Å². The number of carbonyl (C=O) groups excluding carboxylic acids is 2. The highest BCUT2D eigenvalue weighted by Gasteiger charge is 2.13. The van der Waals surface area contributed by atoms with Gasteiger partial charge >= 0.3 is 0 Å². The first kappa shape index (κ1) is 17.4. The number of ketones is 1. The average Bonchev–Trinajstić information content (AvgIpc) is 3.08. The third-order valence-electron chi connectivity index (χ3n) is 3.73. The highest BCUT2D eigenvalue weighted by molar-refractivity contribution is 7.98. The lowest BCUT2D eigenvalue weighted by molar-refractivity contribution is -0.114. The quantitative estimate of drug-likeness (QED) is 0.549. The fourth-order valence-corrected chi connectivity index (χ4v) is 3.98. The number of anilines is 1. The molecule has 0 fully saturated rings. The molecule has 7 heteroatoms. The highest BCUT2D eigenvalue weighted by atomic mass is 32.2. The van der Waals surface area contributed by atoms with Gasteiger partial charge in [-0.15, -0.1) is 23.1 Å². The van der Waals surface area contributed by atoms with E-state index in [4.69, 9.17) is 0 Å². The van der Waals surface area contributed by atoms with Gasteiger partial charge in [0.1, 0.15) is 0 Å². The zero-order chi connectivity index (χ0) is 18.0. The Morgan fingerprint density at radius 1 is 1.24 bits per heavy atom. The number of rotatable bonds is 5. The van der Waals surface area contributed by atoms with E-state index >= 15 is 0 Å². The maximum atomic E-state index is 12.7. The fourth-order valence-electron chi connectivity index (χ4n) is 2.57. The Morgan fingerprint density at radius 2 is 2.04 bits per heavy atom. The summed E-state index contributed by atoms with van der Waals surface area (Å²) in [5, 5.41) is 4.61. The number of thiophene rings is 1. The smallest absolute Gasteiger partial charge is 0.221 e. The molecule has 3 rings (SSSR count). The van der Waals surface area contributed by atoms with Gasteiger partial charge in [0.15, 0.2) is 11.2 Å². The minimum absolute atomic E-state index is 0.0296. The number of fused-ring (bicyclic) bond motifs is 1. The highest BCUT2D eigenvalue weighted by Crippen LogP contribution is 2.27. The third-order valence-corrected chi connectivity index (χ3v) is 5.43. The molecule has 0 aliphatic heterocycles. The van der Waals surface area contributed by atoms with Crippen molar-refractivity contribution in [2.75, 3.05) is 11.6 Å². The van der Waals surface area contributed by atoms with E-state index in [1.807, 2.05) is 17.7 Å². The van der Waals surface area contributed by atoms with Crippen molar-refractivity contribution >= 4 is 50.7 Å². The van der Waals surface area contributed by atoms with E-state index in [1.165, 1.54) is 36.1 Å². The van der Waals surface area contributed by atoms with Gasteiger partial charge < -0.3 is 9.88 Å². The van der Waals surface area contributed by atoms with Crippen molar-refractivity contribution < 1.29 is 9.59 Å². The van der Waals surface area contributed by atoms with Gasteiger partial charge in [0, 0.05) is 29.6 Å². The molecule has 0 bridgehead atoms. The van der Waals surface area contributed by atoms with Gasteiger partial charge in [-0.05, 0) is 35.9 Å². The molecule has 3 aromatic rings. The van der Waals surface area contributed by atoms with Crippen LogP contribution in [0.5, 0.6) is 0 Å². The molecule has 2 heterocycles. The summed E-state index contributed by atoms with van der Waals surface area (Å²) in [5.41, 5.74) is 2.00. The molecule has 1 aromatic carbocycles. The number of Topliss-reactive ketones (excluding diaryl/α,β-unsaturated/α-hetero) is 1. The largest absolute Gasteiger partial charge is 0.339 e. The van der Waals surface area contributed by atoms with E-state index in [9.17, 15) is 14.4 Å². The van der Waals surface area contributed by atoms with Gasteiger partial charge in [0.2, 0.25) is 5.91 Å². The van der Waals surface area contributed by atoms with E-state index in [2.05, 4.69) is 5.32 Å². The van der Waals surface area contributed by atoms with Crippen molar-refractivity contribution in [2.24, 2.45) is 0 Å². The summed E-state index contributed by atoms with van der Waals surface area (Å²) >= 11 is 2.84. The summed E-state index contributed by atoms with van der Waals surface area (Å²) in [7, 11) is 0. The molecule has 25 heavy (non-hydrogen) atoms. The number of hydrogen-bond donors (Lipinski definition) is 1. The molecule has 1 N–H and O–H groups in total. The summed E-state index contributed by atoms with van der Waals surface area (Å²) < 4.78 is 2.44. The number of amides is 1. The minimum atomic E-state index is -0.150. The Labute approximate surface area is 152 Å². The molecule has 2 aromatic heterocycles. The van der Waals surface area contributed by atoms with Crippen LogP contribution in [0.25, 0.3) is 10.2 Å². The molecule has 128 valence electrons. The van der Waals surface area contributed by atoms with Gasteiger partial charge in [-0.25, -0.2) is 0 Å². The molecule has 0 spiro atoms. The van der Waals surface area contributed by atoms with Crippen LogP contribution in [0.4, 0.5) is 5.69 Å². The Hall–Kier alpha value is -2.38. The van der Waals surface area contributed by atoms with Crippen molar-refractivity contribution in [1.29, 1.82) is 0 Å². The van der Waals surface area contributed by atoms with Crippen LogP contribution in [0, 0.1) is 0 Å². The second-order valence-corrected chi connectivity index (χ2v) is 7.23. The SMILES string of the molecule is CSc1cc(C(=O)Cn2ccc(=O)c3sccc32)ccc1NC(C)=O. The monoisotopic (exact) mass is 372 g/mol. The first-order chi connectivity index (χ1) is 12.0. The van der Waals surface area contributed by atoms with Crippen molar-refractivity contribution in [3.63, 3.8) is 0 Å². The van der Waals surface area contributed by atoms with Crippen LogP contribution in [-0.2, 0) is 11.3 Å². The van der Waals surface area contributed by atoms with Crippen molar-refractivity contribution in [1.82, 2.24) is 4.57 Å². The van der Waals surface area contributed by atoms with Gasteiger partial charge in [-0.1, -0.05) is 0 Å². The molecule has 0 aliphatic rings. The van der Waals surface area contributed by atoms with Crippen LogP contribution < -0.4 is 10.7 Å². The number of benzene rings is 1. The molecule has 1 amide bonds. The fraction of sp³-hybridized carbons (Fsp3) is 0.167. The van der Waals surface area contributed by atoms with Crippen molar-refractivity contribution in [2.45, 2.75) is 18.4 Å². The average molecular weight is 372 g/mol. The Bertz CT molecular complexity index is 1020. The van der Waals surface area contributed by atoms with E-state index in [0.29, 0.717) is 16.0 Å². The summed E-state index contributed by atoms with van der Waals surface area (Å²) in [5.74, 6) is -0.205. The normalized spacial score (nSPS) is 10.8. The van der Waals surface area contributed by atoms with Gasteiger partial charge in [-0.2, -0.15) is 0 Å². The first-order valence-electron chi connectivity index (χ1n) is 7.55. The number of thioether (sulfide) groups is 1. The number of pyridine rings is 1. The van der Waals surface area contributed by atoms with E-state index in [-0.39, 0.29) is 23.7 Å². The molecular formula is C18H16N2O3S2. The lowest BCUT2D eigenvalue weighted by atomic mass is 10.1. The molecule has 0 saturated carbocycles. The van der Waals surface area contributed by atoms with Gasteiger partial charge in [0.05, 0.1) is 22.4 Å². The minimum Gasteiger partial charge on any atom is -0.339 e. The Morgan fingerprint density at radius 3 is 2.76 bits per heavy atom. The molecule has 0 saturated heterocycles. The van der Waals surface area contributed by atoms with Crippen LogP contribution >= 0.6 is 23.1 Å². The first-order valence-corrected chi connectivity index (χ1v) is 9.65. The number of aromatic nitrogens is 1. The summed E-state index contributed by atoms with van der Waals surface area (Å²) in [4.78, 5) is 36.6. The van der Waals surface area contributed by atoms with Crippen LogP contribution in [0.3, 0.4) is 0 Å².